The summed E-state index contributed by atoms with van der Waals surface area (Å²) in [6.07, 6.45) is -3.10. The predicted octanol–water partition coefficient (Wildman–Crippen LogP) is 7.01. The fourth-order valence-electron chi connectivity index (χ4n) is 5.63. The summed E-state index contributed by atoms with van der Waals surface area (Å²) in [7, 11) is 1.88. The van der Waals surface area contributed by atoms with Crippen LogP contribution in [0.5, 0.6) is 5.75 Å². The van der Waals surface area contributed by atoms with E-state index in [2.05, 4.69) is 9.97 Å². The molecular weight excluding hydrogens is 648 g/mol. The number of rotatable bonds is 6. The second-order valence-corrected chi connectivity index (χ2v) is 12.4. The second kappa shape index (κ2) is 12.1. The summed E-state index contributed by atoms with van der Waals surface area (Å²) >= 11 is 14.1. The Balaban J connectivity index is 1.38. The van der Waals surface area contributed by atoms with Gasteiger partial charge in [-0.1, -0.05) is 23.2 Å². The molecule has 1 fully saturated rings. The lowest BCUT2D eigenvalue weighted by Gasteiger charge is -2.36. The molecule has 8 nitrogen and oxygen atoms in total. The molecule has 4 heterocycles. The molecule has 232 valence electrons. The molecule has 0 amide bonds. The SMILES string of the molecule is Cc1nc2cc(C(F)(F)F)c(N3CCN(C)CC3)c(C#N)c2c(=O)n1CCOc1ccc(Cl)cc1-c1ccnc2c(Cl)csc12. The van der Waals surface area contributed by atoms with Crippen molar-refractivity contribution in [3.63, 3.8) is 0 Å². The van der Waals surface area contributed by atoms with Gasteiger partial charge in [-0.3, -0.25) is 14.3 Å². The van der Waals surface area contributed by atoms with Gasteiger partial charge in [-0.25, -0.2) is 4.98 Å². The molecule has 0 radical (unpaired) electrons. The van der Waals surface area contributed by atoms with E-state index in [1.54, 1.807) is 29.8 Å². The lowest BCUT2D eigenvalue weighted by molar-refractivity contribution is -0.137. The number of halogens is 5. The molecule has 0 spiro atoms. The Morgan fingerprint density at radius 3 is 2.58 bits per heavy atom. The average Bonchev–Trinajstić information content (AvgIpc) is 3.39. The highest BCUT2D eigenvalue weighted by atomic mass is 35.5. The third-order valence-corrected chi connectivity index (χ3v) is 9.52. The van der Waals surface area contributed by atoms with E-state index in [1.165, 1.54) is 27.7 Å². The summed E-state index contributed by atoms with van der Waals surface area (Å²) in [4.78, 5) is 26.1. The van der Waals surface area contributed by atoms with Crippen LogP contribution < -0.4 is 15.2 Å². The second-order valence-electron chi connectivity index (χ2n) is 10.7. The number of aryl methyl sites for hydroxylation is 1. The van der Waals surface area contributed by atoms with Crippen LogP contribution in [0, 0.1) is 18.3 Å². The van der Waals surface area contributed by atoms with Crippen molar-refractivity contribution < 1.29 is 17.9 Å². The number of piperazine rings is 1. The first-order valence-electron chi connectivity index (χ1n) is 13.9. The van der Waals surface area contributed by atoms with Crippen molar-refractivity contribution in [1.29, 1.82) is 5.26 Å². The van der Waals surface area contributed by atoms with Crippen LogP contribution in [0.15, 0.2) is 46.7 Å². The first-order chi connectivity index (χ1) is 21.5. The van der Waals surface area contributed by atoms with Crippen LogP contribution in [0.4, 0.5) is 18.9 Å². The van der Waals surface area contributed by atoms with Crippen molar-refractivity contribution in [3.05, 3.63) is 79.3 Å². The molecule has 0 aliphatic carbocycles. The van der Waals surface area contributed by atoms with Crippen LogP contribution in [-0.4, -0.2) is 59.3 Å². The van der Waals surface area contributed by atoms with E-state index < -0.39 is 17.3 Å². The van der Waals surface area contributed by atoms with Crippen molar-refractivity contribution in [2.24, 2.45) is 0 Å². The molecule has 14 heteroatoms. The van der Waals surface area contributed by atoms with Crippen LogP contribution in [0.1, 0.15) is 17.0 Å². The Labute approximate surface area is 269 Å². The molecule has 0 saturated carbocycles. The number of fused-ring (bicyclic) bond motifs is 2. The van der Waals surface area contributed by atoms with Crippen molar-refractivity contribution in [1.82, 2.24) is 19.4 Å². The largest absolute Gasteiger partial charge is 0.491 e. The van der Waals surface area contributed by atoms with Gasteiger partial charge in [0.2, 0.25) is 0 Å². The number of ether oxygens (including phenoxy) is 1. The molecule has 0 unspecified atom stereocenters. The summed E-state index contributed by atoms with van der Waals surface area (Å²) in [5, 5.41) is 12.8. The number of alkyl halides is 3. The fraction of sp³-hybridized carbons (Fsp3) is 0.290. The van der Waals surface area contributed by atoms with Crippen molar-refractivity contribution in [2.45, 2.75) is 19.6 Å². The van der Waals surface area contributed by atoms with E-state index in [-0.39, 0.29) is 54.2 Å². The van der Waals surface area contributed by atoms with Gasteiger partial charge in [0.1, 0.15) is 29.8 Å². The lowest BCUT2D eigenvalue weighted by Crippen LogP contribution is -2.45. The Morgan fingerprint density at radius 2 is 1.87 bits per heavy atom. The molecule has 1 saturated heterocycles. The normalized spacial score (nSPS) is 14.3. The third-order valence-electron chi connectivity index (χ3n) is 7.86. The number of benzene rings is 2. The van der Waals surface area contributed by atoms with E-state index in [0.29, 0.717) is 40.0 Å². The van der Waals surface area contributed by atoms with E-state index in [4.69, 9.17) is 27.9 Å². The Bertz CT molecular complexity index is 2050. The van der Waals surface area contributed by atoms with E-state index in [1.807, 2.05) is 24.1 Å². The highest BCUT2D eigenvalue weighted by Crippen LogP contribution is 2.42. The summed E-state index contributed by atoms with van der Waals surface area (Å²) < 4.78 is 51.3. The highest BCUT2D eigenvalue weighted by Gasteiger charge is 2.38. The van der Waals surface area contributed by atoms with E-state index in [0.717, 1.165) is 16.3 Å². The predicted molar refractivity (Wildman–Crippen MR) is 171 cm³/mol. The number of hydrogen-bond donors (Lipinski definition) is 0. The molecule has 5 aromatic rings. The number of likely N-dealkylation sites (N-methyl/N-ethyl adjacent to an activating group) is 1. The zero-order chi connectivity index (χ0) is 32.0. The zero-order valence-electron chi connectivity index (χ0n) is 24.1. The first kappa shape index (κ1) is 31.1. The topological polar surface area (TPSA) is 87.3 Å². The average molecular weight is 674 g/mol. The number of hydrogen-bond acceptors (Lipinski definition) is 8. The van der Waals surface area contributed by atoms with E-state index in [9.17, 15) is 23.2 Å². The molecule has 6 rings (SSSR count). The lowest BCUT2D eigenvalue weighted by atomic mass is 10.00. The Morgan fingerprint density at radius 1 is 1.11 bits per heavy atom. The minimum absolute atomic E-state index is 0.0236. The number of anilines is 1. The number of nitriles is 1. The molecule has 1 aliphatic rings. The molecule has 3 aromatic heterocycles. The third kappa shape index (κ3) is 5.81. The van der Waals surface area contributed by atoms with Gasteiger partial charge in [0, 0.05) is 53.9 Å². The zero-order valence-corrected chi connectivity index (χ0v) is 26.4. The summed E-state index contributed by atoms with van der Waals surface area (Å²) in [6, 6.07) is 9.81. The number of pyridine rings is 1. The van der Waals surface area contributed by atoms with Gasteiger partial charge in [-0.15, -0.1) is 11.3 Å². The van der Waals surface area contributed by atoms with Crippen LogP contribution in [0.2, 0.25) is 10.0 Å². The van der Waals surface area contributed by atoms with Crippen molar-refractivity contribution in [2.75, 3.05) is 44.7 Å². The summed E-state index contributed by atoms with van der Waals surface area (Å²) in [6.45, 7) is 3.20. The maximum Gasteiger partial charge on any atom is 0.418 e. The molecular formula is C31H25Cl2F3N6O2S. The number of aromatic nitrogens is 3. The van der Waals surface area contributed by atoms with Crippen molar-refractivity contribution in [3.8, 4) is 22.9 Å². The number of nitrogens with zero attached hydrogens (tertiary/aromatic N) is 6. The highest BCUT2D eigenvalue weighted by molar-refractivity contribution is 7.18. The van der Waals surface area contributed by atoms with Crippen molar-refractivity contribution >= 4 is 61.3 Å². The van der Waals surface area contributed by atoms with Crippen LogP contribution in [0.25, 0.3) is 32.2 Å². The molecule has 0 bridgehead atoms. The van der Waals surface area contributed by atoms with Gasteiger partial charge >= 0.3 is 6.18 Å². The van der Waals surface area contributed by atoms with E-state index >= 15 is 0 Å². The van der Waals surface area contributed by atoms with Gasteiger partial charge in [-0.2, -0.15) is 18.4 Å². The van der Waals surface area contributed by atoms with Gasteiger partial charge in [-0.05, 0) is 44.3 Å². The molecule has 45 heavy (non-hydrogen) atoms. The fourth-order valence-corrected chi connectivity index (χ4v) is 7.05. The first-order valence-corrected chi connectivity index (χ1v) is 15.5. The van der Waals surface area contributed by atoms with Gasteiger partial charge in [0.05, 0.1) is 44.0 Å². The minimum Gasteiger partial charge on any atom is -0.491 e. The van der Waals surface area contributed by atoms with Gasteiger partial charge in [0.15, 0.2) is 0 Å². The van der Waals surface area contributed by atoms with Gasteiger partial charge in [0.25, 0.3) is 5.56 Å². The maximum absolute atomic E-state index is 14.3. The minimum atomic E-state index is -4.75. The summed E-state index contributed by atoms with van der Waals surface area (Å²) in [5.74, 6) is 0.696. The van der Waals surface area contributed by atoms with Crippen LogP contribution in [0.3, 0.4) is 0 Å². The number of thiophene rings is 1. The van der Waals surface area contributed by atoms with Crippen LogP contribution >= 0.6 is 34.5 Å². The Hall–Kier alpha value is -3.89. The maximum atomic E-state index is 14.3. The smallest absolute Gasteiger partial charge is 0.418 e. The molecule has 1 aliphatic heterocycles. The quantitative estimate of drug-likeness (QED) is 0.192. The molecule has 0 N–H and O–H groups in total. The van der Waals surface area contributed by atoms with Gasteiger partial charge < -0.3 is 14.5 Å². The monoisotopic (exact) mass is 672 g/mol. The Kier molecular flexibility index (Phi) is 8.39. The summed E-state index contributed by atoms with van der Waals surface area (Å²) in [5.41, 5.74) is -0.173. The standard InChI is InChI=1S/C31H25Cl2F3N6O2S/c1-17-39-24-14-22(31(34,35)36)28(41-9-7-40(2)8-10-41)21(15-37)26(24)30(43)42(17)11-12-44-25-4-3-18(32)13-20(25)19-5-6-38-27-23(33)16-45-29(19)27/h3-6,13-14,16H,7-12H2,1-2H3. The molecule has 2 aromatic carbocycles. The molecule has 0 atom stereocenters. The van der Waals surface area contributed by atoms with Crippen LogP contribution in [-0.2, 0) is 12.7 Å².